The number of amides is 1. The maximum absolute atomic E-state index is 12.6. The summed E-state index contributed by atoms with van der Waals surface area (Å²) in [5.41, 5.74) is 1.96. The first-order valence-electron chi connectivity index (χ1n) is 10.5. The van der Waals surface area contributed by atoms with Gasteiger partial charge in [-0.2, -0.15) is 18.2 Å². The molecule has 3 aromatic rings. The lowest BCUT2D eigenvalue weighted by atomic mass is 10.1. The van der Waals surface area contributed by atoms with Crippen molar-refractivity contribution in [3.8, 4) is 11.4 Å². The number of aromatic nitrogens is 2. The van der Waals surface area contributed by atoms with E-state index in [0.29, 0.717) is 42.5 Å². The number of hydrogen-bond acceptors (Lipinski definition) is 6. The average molecular weight is 474 g/mol. The van der Waals surface area contributed by atoms with Crippen LogP contribution in [0.25, 0.3) is 11.4 Å². The molecule has 0 aliphatic carbocycles. The number of nitrogens with zero attached hydrogens (tertiary/aromatic N) is 4. The standard InChI is InChI=1S/C23H21F3N4O4/c1-14(28-33-13-15-2-8-19(9-3-15)23(24,25)26)16-4-6-17(7-5-16)20-27-21(34-29-20)18-10-11-30(12-18)22(31)32/h2-9,18H,10-13H2,1H3,(H,31,32)/b28-14+/t18-/m1/s1. The first-order valence-corrected chi connectivity index (χ1v) is 10.5. The van der Waals surface area contributed by atoms with Crippen molar-refractivity contribution >= 4 is 11.8 Å². The zero-order chi connectivity index (χ0) is 24.3. The first kappa shape index (κ1) is 23.3. The molecule has 1 aliphatic rings. The molecule has 0 saturated carbocycles. The van der Waals surface area contributed by atoms with E-state index in [4.69, 9.17) is 14.5 Å². The van der Waals surface area contributed by atoms with E-state index >= 15 is 0 Å². The summed E-state index contributed by atoms with van der Waals surface area (Å²) in [5, 5.41) is 17.1. The van der Waals surface area contributed by atoms with Gasteiger partial charge in [-0.15, -0.1) is 0 Å². The van der Waals surface area contributed by atoms with Crippen LogP contribution in [0.1, 0.15) is 41.8 Å². The molecule has 8 nitrogen and oxygen atoms in total. The molecule has 1 saturated heterocycles. The Morgan fingerprint density at radius 3 is 2.53 bits per heavy atom. The Labute approximate surface area is 192 Å². The van der Waals surface area contributed by atoms with Gasteiger partial charge in [-0.1, -0.05) is 46.7 Å². The Morgan fingerprint density at radius 2 is 1.91 bits per heavy atom. The molecule has 1 fully saturated rings. The van der Waals surface area contributed by atoms with Crippen LogP contribution in [0.2, 0.25) is 0 Å². The molecule has 0 radical (unpaired) electrons. The number of rotatable bonds is 6. The minimum absolute atomic E-state index is 0.0413. The fourth-order valence-electron chi connectivity index (χ4n) is 3.56. The van der Waals surface area contributed by atoms with Gasteiger partial charge in [0.25, 0.3) is 0 Å². The van der Waals surface area contributed by atoms with Gasteiger partial charge in [0.1, 0.15) is 6.61 Å². The third kappa shape index (κ3) is 5.36. The van der Waals surface area contributed by atoms with E-state index in [2.05, 4.69) is 15.3 Å². The van der Waals surface area contributed by atoms with Gasteiger partial charge in [0, 0.05) is 18.7 Å². The molecule has 34 heavy (non-hydrogen) atoms. The number of likely N-dealkylation sites (tertiary alicyclic amines) is 1. The van der Waals surface area contributed by atoms with E-state index < -0.39 is 17.8 Å². The molecule has 0 spiro atoms. The summed E-state index contributed by atoms with van der Waals surface area (Å²) in [4.78, 5) is 22.1. The summed E-state index contributed by atoms with van der Waals surface area (Å²) < 4.78 is 43.2. The first-order chi connectivity index (χ1) is 16.2. The van der Waals surface area contributed by atoms with Gasteiger partial charge >= 0.3 is 12.3 Å². The SMILES string of the molecule is C/C(=N\OCc1ccc(C(F)(F)F)cc1)c1ccc(-c2noc([C@@H]3CCN(C(=O)O)C3)n2)cc1. The summed E-state index contributed by atoms with van der Waals surface area (Å²) in [6.07, 6.45) is -4.70. The monoisotopic (exact) mass is 474 g/mol. The van der Waals surface area contributed by atoms with Crippen molar-refractivity contribution in [2.75, 3.05) is 13.1 Å². The number of alkyl halides is 3. The molecular formula is C23H21F3N4O4. The molecule has 1 aliphatic heterocycles. The molecule has 4 rings (SSSR count). The Hall–Kier alpha value is -3.89. The van der Waals surface area contributed by atoms with Gasteiger partial charge in [-0.25, -0.2) is 4.79 Å². The van der Waals surface area contributed by atoms with Crippen LogP contribution < -0.4 is 0 Å². The van der Waals surface area contributed by atoms with Crippen LogP contribution in [0.3, 0.4) is 0 Å². The Kier molecular flexibility index (Phi) is 6.53. The zero-order valence-electron chi connectivity index (χ0n) is 18.1. The van der Waals surface area contributed by atoms with Crippen LogP contribution in [-0.2, 0) is 17.6 Å². The van der Waals surface area contributed by atoms with Gasteiger partial charge in [-0.05, 0) is 36.6 Å². The molecule has 1 N–H and O–H groups in total. The number of carbonyl (C=O) groups is 1. The minimum Gasteiger partial charge on any atom is -0.465 e. The molecule has 1 amide bonds. The molecule has 0 unspecified atom stereocenters. The van der Waals surface area contributed by atoms with E-state index in [1.807, 2.05) is 12.1 Å². The Morgan fingerprint density at radius 1 is 1.21 bits per heavy atom. The van der Waals surface area contributed by atoms with Crippen molar-refractivity contribution in [1.29, 1.82) is 0 Å². The third-order valence-electron chi connectivity index (χ3n) is 5.52. The largest absolute Gasteiger partial charge is 0.465 e. The van der Waals surface area contributed by atoms with Gasteiger partial charge in [0.05, 0.1) is 17.2 Å². The number of hydrogen-bond donors (Lipinski definition) is 1. The minimum atomic E-state index is -4.37. The lowest BCUT2D eigenvalue weighted by molar-refractivity contribution is -0.137. The van der Waals surface area contributed by atoms with Crippen LogP contribution in [0, 0.1) is 0 Å². The number of oxime groups is 1. The highest BCUT2D eigenvalue weighted by atomic mass is 19.4. The quantitative estimate of drug-likeness (QED) is 0.391. The molecule has 178 valence electrons. The van der Waals surface area contributed by atoms with E-state index in [9.17, 15) is 18.0 Å². The second kappa shape index (κ2) is 9.54. The van der Waals surface area contributed by atoms with Gasteiger partial charge in [0.15, 0.2) is 0 Å². The van der Waals surface area contributed by atoms with Crippen LogP contribution in [0.5, 0.6) is 0 Å². The van der Waals surface area contributed by atoms with E-state index in [-0.39, 0.29) is 12.5 Å². The Bertz CT molecular complexity index is 1170. The van der Waals surface area contributed by atoms with E-state index in [1.54, 1.807) is 19.1 Å². The van der Waals surface area contributed by atoms with Gasteiger partial charge in [-0.3, -0.25) is 0 Å². The van der Waals surface area contributed by atoms with Crippen molar-refractivity contribution in [3.63, 3.8) is 0 Å². The van der Waals surface area contributed by atoms with Crippen molar-refractivity contribution in [2.24, 2.45) is 5.16 Å². The molecule has 1 aromatic heterocycles. The molecular weight excluding hydrogens is 453 g/mol. The third-order valence-corrected chi connectivity index (χ3v) is 5.52. The fraction of sp³-hybridized carbons (Fsp3) is 0.304. The Balaban J connectivity index is 1.34. The van der Waals surface area contributed by atoms with Crippen molar-refractivity contribution in [3.05, 3.63) is 71.1 Å². The lowest BCUT2D eigenvalue weighted by Gasteiger charge is -2.09. The highest BCUT2D eigenvalue weighted by molar-refractivity contribution is 5.98. The topological polar surface area (TPSA) is 101 Å². The second-order valence-electron chi connectivity index (χ2n) is 7.89. The number of carboxylic acid groups (broad SMARTS) is 1. The summed E-state index contributed by atoms with van der Waals surface area (Å²) in [6, 6.07) is 12.0. The highest BCUT2D eigenvalue weighted by Gasteiger charge is 2.31. The van der Waals surface area contributed by atoms with Crippen molar-refractivity contribution in [1.82, 2.24) is 15.0 Å². The predicted octanol–water partition coefficient (Wildman–Crippen LogP) is 5.16. The average Bonchev–Trinajstić information content (AvgIpc) is 3.49. The lowest BCUT2D eigenvalue weighted by Crippen LogP contribution is -2.26. The van der Waals surface area contributed by atoms with Crippen molar-refractivity contribution < 1.29 is 32.4 Å². The number of benzene rings is 2. The maximum atomic E-state index is 12.6. The second-order valence-corrected chi connectivity index (χ2v) is 7.89. The van der Waals surface area contributed by atoms with E-state index in [1.165, 1.54) is 17.0 Å². The smallest absolute Gasteiger partial charge is 0.416 e. The normalized spacial score (nSPS) is 16.6. The molecule has 2 aromatic carbocycles. The zero-order valence-corrected chi connectivity index (χ0v) is 18.1. The molecule has 1 atom stereocenters. The van der Waals surface area contributed by atoms with Gasteiger partial charge in [0.2, 0.25) is 11.7 Å². The van der Waals surface area contributed by atoms with E-state index in [0.717, 1.165) is 23.3 Å². The summed E-state index contributed by atoms with van der Waals surface area (Å²) in [6.45, 7) is 2.56. The summed E-state index contributed by atoms with van der Waals surface area (Å²) in [5.74, 6) is 0.702. The summed E-state index contributed by atoms with van der Waals surface area (Å²) >= 11 is 0. The van der Waals surface area contributed by atoms with Crippen LogP contribution in [0.15, 0.2) is 58.2 Å². The molecule has 2 heterocycles. The van der Waals surface area contributed by atoms with Gasteiger partial charge < -0.3 is 19.4 Å². The predicted molar refractivity (Wildman–Crippen MR) is 115 cm³/mol. The fourth-order valence-corrected chi connectivity index (χ4v) is 3.56. The molecule has 0 bridgehead atoms. The van der Waals surface area contributed by atoms with Crippen molar-refractivity contribution in [2.45, 2.75) is 32.0 Å². The maximum Gasteiger partial charge on any atom is 0.416 e. The van der Waals surface area contributed by atoms with Crippen LogP contribution in [0.4, 0.5) is 18.0 Å². The van der Waals surface area contributed by atoms with Crippen LogP contribution in [-0.4, -0.2) is 45.0 Å². The molecule has 11 heteroatoms. The highest BCUT2D eigenvalue weighted by Crippen LogP contribution is 2.29. The van der Waals surface area contributed by atoms with Crippen LogP contribution >= 0.6 is 0 Å². The number of halogens is 3. The summed E-state index contributed by atoms with van der Waals surface area (Å²) in [7, 11) is 0.